The second-order valence-electron chi connectivity index (χ2n) is 13.9. The first-order valence-corrected chi connectivity index (χ1v) is 19.2. The highest BCUT2D eigenvalue weighted by atomic mass is 35.5. The topological polar surface area (TPSA) is 86.8 Å². The summed E-state index contributed by atoms with van der Waals surface area (Å²) in [5.41, 5.74) is 3.42. The molecule has 47 heavy (non-hydrogen) atoms. The normalized spacial score (nSPS) is 23.7. The van der Waals surface area contributed by atoms with Crippen molar-refractivity contribution in [3.05, 3.63) is 99.5 Å². The second kappa shape index (κ2) is 13.8. The van der Waals surface area contributed by atoms with E-state index in [1.807, 2.05) is 49.4 Å². The van der Waals surface area contributed by atoms with Crippen LogP contribution in [0.2, 0.25) is 10.0 Å². The lowest BCUT2D eigenvalue weighted by Gasteiger charge is -2.57. The van der Waals surface area contributed by atoms with Gasteiger partial charge in [-0.3, -0.25) is 13.9 Å². The van der Waals surface area contributed by atoms with Gasteiger partial charge in [0.2, 0.25) is 21.8 Å². The van der Waals surface area contributed by atoms with Crippen molar-refractivity contribution in [1.82, 2.24) is 10.2 Å². The summed E-state index contributed by atoms with van der Waals surface area (Å²) in [7, 11) is -3.86. The molecule has 7 rings (SSSR count). The molecule has 4 bridgehead atoms. The fourth-order valence-electron chi connectivity index (χ4n) is 8.74. The monoisotopic (exact) mass is 695 g/mol. The maximum Gasteiger partial charge on any atom is 0.244 e. The maximum atomic E-state index is 14.3. The zero-order valence-corrected chi connectivity index (χ0v) is 29.3. The molecule has 0 radical (unpaired) electrons. The number of carbonyl (C=O) groups excluding carboxylic acids is 2. The van der Waals surface area contributed by atoms with Crippen molar-refractivity contribution >= 4 is 50.7 Å². The van der Waals surface area contributed by atoms with Gasteiger partial charge in [-0.25, -0.2) is 8.42 Å². The minimum Gasteiger partial charge on any atom is -0.355 e. The van der Waals surface area contributed by atoms with Gasteiger partial charge in [0, 0.05) is 19.5 Å². The fraction of sp³-hybridized carbons (Fsp3) is 0.459. The van der Waals surface area contributed by atoms with Gasteiger partial charge in [0.1, 0.15) is 12.6 Å². The van der Waals surface area contributed by atoms with E-state index in [-0.39, 0.29) is 24.3 Å². The van der Waals surface area contributed by atoms with Gasteiger partial charge >= 0.3 is 0 Å². The van der Waals surface area contributed by atoms with E-state index in [0.29, 0.717) is 27.8 Å². The highest BCUT2D eigenvalue weighted by molar-refractivity contribution is 7.92. The zero-order valence-electron chi connectivity index (χ0n) is 27.0. The van der Waals surface area contributed by atoms with E-state index >= 15 is 0 Å². The molecule has 0 saturated heterocycles. The molecule has 4 fully saturated rings. The lowest BCUT2D eigenvalue weighted by Crippen LogP contribution is -2.53. The molecular formula is C37H43Cl2N3O4S. The summed E-state index contributed by atoms with van der Waals surface area (Å²) >= 11 is 12.5. The lowest BCUT2D eigenvalue weighted by molar-refractivity contribution is -0.140. The molecule has 4 saturated carbocycles. The van der Waals surface area contributed by atoms with Gasteiger partial charge in [0.25, 0.3) is 0 Å². The predicted octanol–water partition coefficient (Wildman–Crippen LogP) is 7.00. The lowest BCUT2D eigenvalue weighted by atomic mass is 9.48. The Morgan fingerprint density at radius 2 is 1.49 bits per heavy atom. The van der Waals surface area contributed by atoms with Gasteiger partial charge in [-0.15, -0.1) is 0 Å². The van der Waals surface area contributed by atoms with Crippen LogP contribution in [0.5, 0.6) is 0 Å². The molecule has 4 aliphatic carbocycles. The minimum atomic E-state index is -3.86. The molecule has 0 unspecified atom stereocenters. The van der Waals surface area contributed by atoms with Gasteiger partial charge in [0.05, 0.1) is 22.0 Å². The number of hydrogen-bond donors (Lipinski definition) is 1. The predicted molar refractivity (Wildman–Crippen MR) is 188 cm³/mol. The van der Waals surface area contributed by atoms with E-state index in [9.17, 15) is 18.0 Å². The average Bonchev–Trinajstić information content (AvgIpc) is 3.02. The Bertz CT molecular complexity index is 1680. The summed E-state index contributed by atoms with van der Waals surface area (Å²) < 4.78 is 27.7. The van der Waals surface area contributed by atoms with Crippen LogP contribution in [0.3, 0.4) is 0 Å². The third-order valence-electron chi connectivity index (χ3n) is 10.4. The molecule has 0 spiro atoms. The number of anilines is 1. The summed E-state index contributed by atoms with van der Waals surface area (Å²) in [4.78, 5) is 29.4. The number of rotatable bonds is 12. The molecule has 10 heteroatoms. The molecule has 0 aliphatic heterocycles. The Morgan fingerprint density at radius 3 is 2.04 bits per heavy atom. The van der Waals surface area contributed by atoms with Gasteiger partial charge in [-0.2, -0.15) is 0 Å². The highest BCUT2D eigenvalue weighted by Gasteiger charge is 2.51. The summed E-state index contributed by atoms with van der Waals surface area (Å²) in [6.07, 6.45) is 9.03. The van der Waals surface area contributed by atoms with E-state index in [4.69, 9.17) is 23.2 Å². The Balaban J connectivity index is 1.31. The van der Waals surface area contributed by atoms with E-state index in [2.05, 4.69) is 17.4 Å². The van der Waals surface area contributed by atoms with Crippen LogP contribution in [-0.2, 0) is 38.0 Å². The Morgan fingerprint density at radius 1 is 0.872 bits per heavy atom. The first kappa shape index (κ1) is 33.8. The van der Waals surface area contributed by atoms with Crippen molar-refractivity contribution in [2.24, 2.45) is 17.8 Å². The van der Waals surface area contributed by atoms with Crippen LogP contribution in [0.4, 0.5) is 5.69 Å². The molecule has 3 aromatic carbocycles. The smallest absolute Gasteiger partial charge is 0.244 e. The first-order valence-electron chi connectivity index (χ1n) is 16.6. The summed E-state index contributed by atoms with van der Waals surface area (Å²) in [6, 6.07) is 21.5. The SMILES string of the molecule is CCNC(=O)[C@@H](Cc1ccccc1)N(Cc1ccc(Cl)c(Cl)c1)C(=O)CN(c1ccc(C23CC4CC(CC(C4)C2)C3)cc1)S(C)(=O)=O. The number of carbonyl (C=O) groups is 2. The molecule has 250 valence electrons. The number of hydrogen-bond acceptors (Lipinski definition) is 4. The van der Waals surface area contributed by atoms with Crippen LogP contribution >= 0.6 is 23.2 Å². The van der Waals surface area contributed by atoms with Gasteiger partial charge in [-0.05, 0) is 110 Å². The molecule has 0 heterocycles. The van der Waals surface area contributed by atoms with Crippen molar-refractivity contribution in [1.29, 1.82) is 0 Å². The van der Waals surface area contributed by atoms with Crippen molar-refractivity contribution < 1.29 is 18.0 Å². The van der Waals surface area contributed by atoms with Gasteiger partial charge in [0.15, 0.2) is 0 Å². The van der Waals surface area contributed by atoms with Crippen LogP contribution in [-0.4, -0.2) is 50.5 Å². The zero-order chi connectivity index (χ0) is 33.3. The number of benzene rings is 3. The van der Waals surface area contributed by atoms with Crippen molar-refractivity contribution in [3.63, 3.8) is 0 Å². The Labute approximate surface area is 288 Å². The van der Waals surface area contributed by atoms with Crippen LogP contribution in [0, 0.1) is 17.8 Å². The molecular weight excluding hydrogens is 653 g/mol. The molecule has 4 aliphatic rings. The standard InChI is InChI=1S/C37H43Cl2N3O4S/c1-3-40-36(44)34(19-25-7-5-4-6-8-25)41(23-26-9-14-32(38)33(39)18-26)35(43)24-42(47(2,45)46)31-12-10-30(11-13-31)37-20-27-15-28(21-37)17-29(16-27)22-37/h4-14,18,27-29,34H,3,15-17,19-24H2,1-2H3,(H,40,44)/t27?,28?,29?,34-,37?/m1/s1. The van der Waals surface area contributed by atoms with Crippen molar-refractivity contribution in [3.8, 4) is 0 Å². The Hall–Kier alpha value is -3.07. The third kappa shape index (κ3) is 7.50. The van der Waals surface area contributed by atoms with Crippen LogP contribution in [0.1, 0.15) is 62.1 Å². The van der Waals surface area contributed by atoms with Crippen LogP contribution in [0.15, 0.2) is 72.8 Å². The molecule has 1 atom stereocenters. The highest BCUT2D eigenvalue weighted by Crippen LogP contribution is 2.60. The third-order valence-corrected chi connectivity index (χ3v) is 12.3. The number of nitrogens with zero attached hydrogens (tertiary/aromatic N) is 2. The van der Waals surface area contributed by atoms with E-state index < -0.39 is 28.5 Å². The summed E-state index contributed by atoms with van der Waals surface area (Å²) in [6.45, 7) is 1.78. The summed E-state index contributed by atoms with van der Waals surface area (Å²) in [5, 5.41) is 3.57. The average molecular weight is 697 g/mol. The number of nitrogens with one attached hydrogen (secondary N) is 1. The maximum absolute atomic E-state index is 14.3. The number of likely N-dealkylation sites (N-methyl/N-ethyl adjacent to an activating group) is 1. The van der Waals surface area contributed by atoms with E-state index in [1.54, 1.807) is 18.2 Å². The van der Waals surface area contributed by atoms with E-state index in [0.717, 1.165) is 33.9 Å². The minimum absolute atomic E-state index is 0.0346. The summed E-state index contributed by atoms with van der Waals surface area (Å²) in [5.74, 6) is 1.55. The van der Waals surface area contributed by atoms with Crippen LogP contribution < -0.4 is 9.62 Å². The van der Waals surface area contributed by atoms with Crippen molar-refractivity contribution in [2.75, 3.05) is 23.7 Å². The van der Waals surface area contributed by atoms with E-state index in [1.165, 1.54) is 49.0 Å². The fourth-order valence-corrected chi connectivity index (χ4v) is 9.91. The molecule has 3 aromatic rings. The van der Waals surface area contributed by atoms with Gasteiger partial charge in [-0.1, -0.05) is 71.7 Å². The Kier molecular flexibility index (Phi) is 9.94. The molecule has 7 nitrogen and oxygen atoms in total. The second-order valence-corrected chi connectivity index (χ2v) is 16.6. The number of halogens is 2. The largest absolute Gasteiger partial charge is 0.355 e. The molecule has 1 N–H and O–H groups in total. The van der Waals surface area contributed by atoms with Crippen molar-refractivity contribution in [2.45, 2.75) is 69.9 Å². The number of amides is 2. The van der Waals surface area contributed by atoms with Gasteiger partial charge < -0.3 is 10.2 Å². The quantitative estimate of drug-likeness (QED) is 0.221. The number of sulfonamides is 1. The first-order chi connectivity index (χ1) is 22.4. The molecule has 0 aromatic heterocycles. The van der Waals surface area contributed by atoms with Crippen LogP contribution in [0.25, 0.3) is 0 Å². The molecule has 2 amide bonds.